The lowest BCUT2D eigenvalue weighted by atomic mass is 10.1. The molecule has 0 spiro atoms. The molecule has 0 N–H and O–H groups in total. The lowest BCUT2D eigenvalue weighted by molar-refractivity contribution is 0.340. The largest absolute Gasteiger partial charge is 0.576 e. The van der Waals surface area contributed by atoms with Gasteiger partial charge in [0.15, 0.2) is 0 Å². The first-order chi connectivity index (χ1) is 14.2. The topological polar surface area (TPSA) is 36.9 Å². The molecule has 0 radical (unpaired) electrons. The Morgan fingerprint density at radius 2 is 0.862 bits per heavy atom. The molecule has 0 saturated heterocycles. The predicted molar refractivity (Wildman–Crippen MR) is 119 cm³/mol. The average Bonchev–Trinajstić information content (AvgIpc) is 2.74. The van der Waals surface area contributed by atoms with Crippen molar-refractivity contribution in [1.82, 2.24) is 0 Å². The monoisotopic (exact) mass is 386 g/mol. The maximum absolute atomic E-state index is 5.79. The highest BCUT2D eigenvalue weighted by molar-refractivity contribution is 6.21. The van der Waals surface area contributed by atoms with Crippen molar-refractivity contribution < 1.29 is 18.8 Å². The van der Waals surface area contributed by atoms with Crippen LogP contribution in [0.2, 0.25) is 0 Å². The normalized spacial score (nSPS) is 10.7. The van der Waals surface area contributed by atoms with Crippen LogP contribution in [-0.2, 0) is 0 Å². The molecule has 0 saturated carbocycles. The van der Waals surface area contributed by atoms with Crippen LogP contribution in [0.5, 0.6) is 23.0 Å². The van der Waals surface area contributed by atoms with E-state index in [1.165, 1.54) is 0 Å². The summed E-state index contributed by atoms with van der Waals surface area (Å²) in [6, 6.07) is 24.0. The molecule has 0 aliphatic heterocycles. The van der Waals surface area contributed by atoms with Gasteiger partial charge in [-0.3, -0.25) is 0 Å². The minimum atomic E-state index is 0.144. The summed E-state index contributed by atoms with van der Waals surface area (Å²) < 4.78 is 22.7. The van der Waals surface area contributed by atoms with E-state index in [0.29, 0.717) is 13.2 Å². The minimum Gasteiger partial charge on any atom is -0.529 e. The summed E-state index contributed by atoms with van der Waals surface area (Å²) in [4.78, 5) is 0. The van der Waals surface area contributed by atoms with Crippen molar-refractivity contribution in [1.29, 1.82) is 0 Å². The molecular formula is C24H23BO4. The van der Waals surface area contributed by atoms with E-state index in [9.17, 15) is 0 Å². The zero-order chi connectivity index (χ0) is 20.1. The lowest BCUT2D eigenvalue weighted by Gasteiger charge is -2.10. The fraction of sp³-hybridized carbons (Fsp3) is 0.167. The highest BCUT2D eigenvalue weighted by Gasteiger charge is 2.04. The molecule has 0 unspecified atom stereocenters. The summed E-state index contributed by atoms with van der Waals surface area (Å²) in [6.07, 6.45) is 0. The standard InChI is InChI=1S/C24H23BO4/c1-3-26-21-9-5-19-15-23(11-7-17(19)13-21)28-25-29-24-12-8-18-14-22(27-4-2)10-6-20(18)16-24/h5-16,25H,3-4H2,1-2H3. The van der Waals surface area contributed by atoms with E-state index in [0.717, 1.165) is 44.5 Å². The first kappa shape index (κ1) is 19.0. The smallest absolute Gasteiger partial charge is 0.529 e. The Kier molecular flexibility index (Phi) is 5.75. The Morgan fingerprint density at radius 3 is 1.24 bits per heavy atom. The van der Waals surface area contributed by atoms with Gasteiger partial charge in [-0.25, -0.2) is 0 Å². The second-order valence-electron chi connectivity index (χ2n) is 6.61. The van der Waals surface area contributed by atoms with E-state index < -0.39 is 0 Å². The molecule has 0 bridgehead atoms. The van der Waals surface area contributed by atoms with E-state index in [1.807, 2.05) is 86.6 Å². The first-order valence-corrected chi connectivity index (χ1v) is 9.84. The van der Waals surface area contributed by atoms with Crippen LogP contribution in [0.1, 0.15) is 13.8 Å². The molecule has 0 heterocycles. The van der Waals surface area contributed by atoms with E-state index in [1.54, 1.807) is 0 Å². The first-order valence-electron chi connectivity index (χ1n) is 9.84. The third-order valence-corrected chi connectivity index (χ3v) is 4.64. The SMILES string of the molecule is CCOc1ccc2cc(OBOc3ccc4cc(OCC)ccc4c3)ccc2c1. The van der Waals surface area contributed by atoms with Gasteiger partial charge in [-0.15, -0.1) is 0 Å². The zero-order valence-electron chi connectivity index (χ0n) is 16.7. The summed E-state index contributed by atoms with van der Waals surface area (Å²) in [6.45, 7) is 5.28. The zero-order valence-corrected chi connectivity index (χ0v) is 16.7. The number of fused-ring (bicyclic) bond motifs is 2. The van der Waals surface area contributed by atoms with Crippen molar-refractivity contribution in [2.45, 2.75) is 13.8 Å². The Hall–Kier alpha value is -3.34. The van der Waals surface area contributed by atoms with E-state index in [2.05, 4.69) is 0 Å². The van der Waals surface area contributed by atoms with Crippen LogP contribution in [0.3, 0.4) is 0 Å². The molecule has 4 aromatic carbocycles. The van der Waals surface area contributed by atoms with Crippen molar-refractivity contribution in [3.8, 4) is 23.0 Å². The van der Waals surface area contributed by atoms with Gasteiger partial charge in [-0.05, 0) is 83.9 Å². The van der Waals surface area contributed by atoms with Crippen molar-refractivity contribution >= 4 is 29.2 Å². The third kappa shape index (κ3) is 4.57. The highest BCUT2D eigenvalue weighted by Crippen LogP contribution is 2.26. The number of benzene rings is 4. The quantitative estimate of drug-likeness (QED) is 0.374. The molecule has 0 aliphatic carbocycles. The molecule has 0 amide bonds. The van der Waals surface area contributed by atoms with Crippen molar-refractivity contribution in [2.24, 2.45) is 0 Å². The Labute approximate surface area is 171 Å². The summed E-state index contributed by atoms with van der Waals surface area (Å²) in [5.41, 5.74) is 0. The maximum Gasteiger partial charge on any atom is 0.576 e. The van der Waals surface area contributed by atoms with Crippen molar-refractivity contribution in [3.05, 3.63) is 72.8 Å². The van der Waals surface area contributed by atoms with Crippen LogP contribution in [0.4, 0.5) is 0 Å². The number of hydrogen-bond donors (Lipinski definition) is 0. The molecule has 146 valence electrons. The summed E-state index contributed by atoms with van der Waals surface area (Å²) >= 11 is 0. The lowest BCUT2D eigenvalue weighted by Crippen LogP contribution is -2.10. The van der Waals surface area contributed by atoms with Gasteiger partial charge in [0.05, 0.1) is 13.2 Å². The van der Waals surface area contributed by atoms with Gasteiger partial charge in [0, 0.05) is 0 Å². The Bertz CT molecular complexity index is 1040. The van der Waals surface area contributed by atoms with E-state index in [-0.39, 0.29) is 7.69 Å². The second-order valence-corrected chi connectivity index (χ2v) is 6.61. The molecular weight excluding hydrogens is 363 g/mol. The van der Waals surface area contributed by atoms with Gasteiger partial charge >= 0.3 is 7.69 Å². The van der Waals surface area contributed by atoms with Gasteiger partial charge in [-0.1, -0.05) is 24.3 Å². The number of ether oxygens (including phenoxy) is 2. The summed E-state index contributed by atoms with van der Waals surface area (Å²) in [5.74, 6) is 3.29. The van der Waals surface area contributed by atoms with Crippen molar-refractivity contribution in [3.63, 3.8) is 0 Å². The highest BCUT2D eigenvalue weighted by atomic mass is 16.6. The maximum atomic E-state index is 5.79. The van der Waals surface area contributed by atoms with Crippen LogP contribution < -0.4 is 18.8 Å². The number of rotatable bonds is 8. The fourth-order valence-electron chi connectivity index (χ4n) is 3.26. The van der Waals surface area contributed by atoms with Crippen LogP contribution in [0, 0.1) is 0 Å². The molecule has 0 aromatic heterocycles. The van der Waals surface area contributed by atoms with E-state index in [4.69, 9.17) is 18.8 Å². The Balaban J connectivity index is 1.40. The van der Waals surface area contributed by atoms with Gasteiger partial charge in [0.2, 0.25) is 0 Å². The number of hydrogen-bond acceptors (Lipinski definition) is 4. The molecule has 4 nitrogen and oxygen atoms in total. The van der Waals surface area contributed by atoms with Crippen LogP contribution in [-0.4, -0.2) is 20.9 Å². The fourth-order valence-corrected chi connectivity index (χ4v) is 3.26. The van der Waals surface area contributed by atoms with E-state index >= 15 is 0 Å². The van der Waals surface area contributed by atoms with Gasteiger partial charge in [0.1, 0.15) is 23.0 Å². The molecule has 4 rings (SSSR count). The molecule has 0 fully saturated rings. The van der Waals surface area contributed by atoms with Gasteiger partial charge < -0.3 is 18.8 Å². The average molecular weight is 386 g/mol. The van der Waals surface area contributed by atoms with Gasteiger partial charge in [0.25, 0.3) is 0 Å². The van der Waals surface area contributed by atoms with Crippen molar-refractivity contribution in [2.75, 3.05) is 13.2 Å². The minimum absolute atomic E-state index is 0.144. The second kappa shape index (κ2) is 8.78. The summed E-state index contributed by atoms with van der Waals surface area (Å²) in [7, 11) is 0.144. The molecule has 4 aromatic rings. The molecule has 0 aliphatic rings. The predicted octanol–water partition coefficient (Wildman–Crippen LogP) is 5.51. The third-order valence-electron chi connectivity index (χ3n) is 4.64. The summed E-state index contributed by atoms with van der Waals surface area (Å²) in [5, 5.41) is 4.43. The molecule has 5 heteroatoms. The van der Waals surface area contributed by atoms with Crippen LogP contribution in [0.15, 0.2) is 72.8 Å². The molecule has 29 heavy (non-hydrogen) atoms. The van der Waals surface area contributed by atoms with Crippen LogP contribution in [0.25, 0.3) is 21.5 Å². The van der Waals surface area contributed by atoms with Crippen LogP contribution >= 0.6 is 0 Å². The Morgan fingerprint density at radius 1 is 0.517 bits per heavy atom. The van der Waals surface area contributed by atoms with Gasteiger partial charge in [-0.2, -0.15) is 0 Å². The molecule has 0 atom stereocenters.